The van der Waals surface area contributed by atoms with Gasteiger partial charge in [0.25, 0.3) is 0 Å². The molecule has 8 nitrogen and oxygen atoms in total. The molecule has 254 valence electrons. The van der Waals surface area contributed by atoms with E-state index in [0.717, 1.165) is 16.7 Å². The molecule has 48 heavy (non-hydrogen) atoms. The number of carbonyl (C=O) groups is 3. The number of benzene rings is 2. The third-order valence-electron chi connectivity index (χ3n) is 12.2. The van der Waals surface area contributed by atoms with Crippen LogP contribution in [0.1, 0.15) is 63.0 Å². The van der Waals surface area contributed by atoms with Crippen molar-refractivity contribution < 1.29 is 33.3 Å². The van der Waals surface area contributed by atoms with Crippen LogP contribution >= 0.6 is 11.6 Å². The predicted octanol–water partition coefficient (Wildman–Crippen LogP) is 6.74. The van der Waals surface area contributed by atoms with Crippen molar-refractivity contribution in [1.29, 1.82) is 5.26 Å². The third kappa shape index (κ3) is 5.48. The number of alkyl halides is 1. The van der Waals surface area contributed by atoms with Gasteiger partial charge in [0, 0.05) is 29.7 Å². The molecule has 9 heteroatoms. The average Bonchev–Trinajstić information content (AvgIpc) is 3.46. The topological polar surface area (TPSA) is 112 Å². The van der Waals surface area contributed by atoms with Crippen molar-refractivity contribution in [3.05, 3.63) is 83.4 Å². The van der Waals surface area contributed by atoms with E-state index in [9.17, 15) is 19.6 Å². The number of nitrogens with zero attached hydrogens (tertiary/aromatic N) is 1. The summed E-state index contributed by atoms with van der Waals surface area (Å²) in [4.78, 5) is 37.7. The molecule has 0 bridgehead atoms. The van der Waals surface area contributed by atoms with Crippen LogP contribution in [0.2, 0.25) is 0 Å². The number of esters is 2. The van der Waals surface area contributed by atoms with Crippen molar-refractivity contribution in [1.82, 2.24) is 0 Å². The summed E-state index contributed by atoms with van der Waals surface area (Å²) >= 11 is 7.11. The fraction of sp³-hybridized carbons (Fsp3) is 0.538. The molecule has 0 N–H and O–H groups in total. The fourth-order valence-electron chi connectivity index (χ4n) is 10.2. The van der Waals surface area contributed by atoms with Gasteiger partial charge in [0.05, 0.1) is 51.6 Å². The minimum Gasteiger partial charge on any atom is -0.467 e. The third-order valence-corrected chi connectivity index (χ3v) is 12.8. The Bertz CT molecular complexity index is 1600. The second-order valence-corrected chi connectivity index (χ2v) is 14.9. The number of Topliss-reactive ketones (excluding diaryl/α,β-unsaturated/α-hetero) is 1. The Morgan fingerprint density at radius 2 is 1.60 bits per heavy atom. The maximum Gasteiger partial charge on any atom is 0.334 e. The van der Waals surface area contributed by atoms with E-state index in [0.29, 0.717) is 58.3 Å². The number of hydrogen-bond donors (Lipinski definition) is 0. The summed E-state index contributed by atoms with van der Waals surface area (Å²) in [5.74, 6) is -2.55. The Labute approximate surface area is 287 Å². The second-order valence-electron chi connectivity index (χ2n) is 14.3. The van der Waals surface area contributed by atoms with Crippen molar-refractivity contribution in [3.63, 3.8) is 0 Å². The zero-order valence-corrected chi connectivity index (χ0v) is 28.7. The summed E-state index contributed by atoms with van der Waals surface area (Å²) in [6.45, 7) is 3.10. The van der Waals surface area contributed by atoms with Gasteiger partial charge in [-0.15, -0.1) is 0 Å². The van der Waals surface area contributed by atoms with Gasteiger partial charge in [0.15, 0.2) is 5.78 Å². The Morgan fingerprint density at radius 1 is 0.938 bits per heavy atom. The van der Waals surface area contributed by atoms with E-state index in [4.69, 9.17) is 30.5 Å². The molecule has 0 aromatic heterocycles. The lowest BCUT2D eigenvalue weighted by Crippen LogP contribution is -2.69. The van der Waals surface area contributed by atoms with E-state index < -0.39 is 45.1 Å². The highest BCUT2D eigenvalue weighted by atomic mass is 35.5. The van der Waals surface area contributed by atoms with Gasteiger partial charge in [-0.05, 0) is 61.0 Å². The first kappa shape index (κ1) is 34.4. The van der Waals surface area contributed by atoms with E-state index >= 15 is 0 Å². The van der Waals surface area contributed by atoms with E-state index in [1.165, 1.54) is 14.2 Å². The number of methoxy groups -OCH3 is 2. The van der Waals surface area contributed by atoms with Gasteiger partial charge in [-0.25, -0.2) is 9.59 Å². The number of nitriles is 1. The second kappa shape index (κ2) is 13.4. The summed E-state index contributed by atoms with van der Waals surface area (Å²) in [6.07, 6.45) is 4.36. The van der Waals surface area contributed by atoms with Crippen LogP contribution in [0.4, 0.5) is 0 Å². The maximum absolute atomic E-state index is 13.5. The molecule has 1 unspecified atom stereocenters. The van der Waals surface area contributed by atoms with Crippen molar-refractivity contribution in [2.75, 3.05) is 20.8 Å². The summed E-state index contributed by atoms with van der Waals surface area (Å²) in [5.41, 5.74) is 0.673. The number of ether oxygens (including phenoxy) is 4. The van der Waals surface area contributed by atoms with Crippen LogP contribution in [-0.4, -0.2) is 49.5 Å². The number of carbonyl (C=O) groups excluding carboxylic acids is 3. The highest BCUT2D eigenvalue weighted by Crippen LogP contribution is 2.74. The van der Waals surface area contributed by atoms with Crippen molar-refractivity contribution in [2.45, 2.75) is 76.1 Å². The molecule has 0 radical (unpaired) electrons. The molecular weight excluding hydrogens is 630 g/mol. The zero-order chi connectivity index (χ0) is 34.2. The minimum absolute atomic E-state index is 0.110. The predicted molar refractivity (Wildman–Crippen MR) is 178 cm³/mol. The molecule has 4 fully saturated rings. The summed E-state index contributed by atoms with van der Waals surface area (Å²) in [7, 11) is 2.63. The zero-order valence-electron chi connectivity index (χ0n) is 27.9. The standard InChI is InChI=1S/C39H44ClNO7/c1-36-18-17-32(42)39(40,35(44)46-3)30(36)16-19-37(24-41)31-15-14-28(20-33(43)45-2)38(31,25-47-22-26-10-6-4-7-11-26)21-29(34(36)37)48-23-27-12-8-5-9-13-27/h4-13,20,29-31,34H,14-19,21-23,25H2,1-3H3/b28-20+/t29-,30+,31-,34+,36-,37+,38+,39?/m0/s1. The lowest BCUT2D eigenvalue weighted by atomic mass is 9.37. The van der Waals surface area contributed by atoms with Crippen LogP contribution in [0.3, 0.4) is 0 Å². The summed E-state index contributed by atoms with van der Waals surface area (Å²) in [6, 6.07) is 22.7. The first-order valence-corrected chi connectivity index (χ1v) is 17.2. The van der Waals surface area contributed by atoms with Crippen molar-refractivity contribution in [3.8, 4) is 6.07 Å². The summed E-state index contributed by atoms with van der Waals surface area (Å²) < 4.78 is 23.7. The average molecular weight is 674 g/mol. The lowest BCUT2D eigenvalue weighted by molar-refractivity contribution is -0.220. The van der Waals surface area contributed by atoms with Crippen LogP contribution in [0.25, 0.3) is 0 Å². The van der Waals surface area contributed by atoms with Crippen LogP contribution < -0.4 is 0 Å². The molecule has 2 aromatic rings. The van der Waals surface area contributed by atoms with E-state index in [2.05, 4.69) is 13.0 Å². The van der Waals surface area contributed by atoms with Crippen molar-refractivity contribution >= 4 is 29.3 Å². The number of ketones is 1. The Kier molecular flexibility index (Phi) is 9.61. The molecule has 0 saturated heterocycles. The highest BCUT2D eigenvalue weighted by Gasteiger charge is 2.74. The van der Waals surface area contributed by atoms with Gasteiger partial charge in [-0.1, -0.05) is 84.8 Å². The highest BCUT2D eigenvalue weighted by molar-refractivity contribution is 6.46. The largest absolute Gasteiger partial charge is 0.467 e. The lowest BCUT2D eigenvalue weighted by Gasteiger charge is -2.66. The normalized spacial score (nSPS) is 36.3. The van der Waals surface area contributed by atoms with Crippen LogP contribution in [0, 0.1) is 45.3 Å². The molecule has 8 atom stereocenters. The van der Waals surface area contributed by atoms with E-state index in [-0.39, 0.29) is 24.0 Å². The maximum atomic E-state index is 13.5. The van der Waals surface area contributed by atoms with Crippen molar-refractivity contribution in [2.24, 2.45) is 34.0 Å². The molecule has 0 aliphatic heterocycles. The Balaban J connectivity index is 1.48. The molecule has 0 spiro atoms. The molecule has 4 aliphatic rings. The molecular formula is C39H44ClNO7. The Morgan fingerprint density at radius 3 is 2.23 bits per heavy atom. The monoisotopic (exact) mass is 673 g/mol. The fourth-order valence-corrected chi connectivity index (χ4v) is 10.8. The minimum atomic E-state index is -1.83. The number of fused-ring (bicyclic) bond motifs is 5. The molecule has 0 heterocycles. The first-order valence-electron chi connectivity index (χ1n) is 16.9. The van der Waals surface area contributed by atoms with Gasteiger partial charge < -0.3 is 18.9 Å². The molecule has 4 saturated carbocycles. The van der Waals surface area contributed by atoms with Crippen LogP contribution in [-0.2, 0) is 46.5 Å². The van der Waals surface area contributed by atoms with Crippen LogP contribution in [0.5, 0.6) is 0 Å². The summed E-state index contributed by atoms with van der Waals surface area (Å²) in [5, 5.41) is 11.5. The molecule has 4 aliphatic carbocycles. The smallest absolute Gasteiger partial charge is 0.334 e. The number of halogens is 1. The molecule has 6 rings (SSSR count). The first-order chi connectivity index (χ1) is 23.1. The van der Waals surface area contributed by atoms with Gasteiger partial charge in [-0.3, -0.25) is 4.79 Å². The Hall–Kier alpha value is -3.51. The number of rotatable bonds is 9. The number of hydrogen-bond acceptors (Lipinski definition) is 8. The van der Waals surface area contributed by atoms with Gasteiger partial charge in [0.1, 0.15) is 0 Å². The van der Waals surface area contributed by atoms with Gasteiger partial charge in [-0.2, -0.15) is 5.26 Å². The van der Waals surface area contributed by atoms with E-state index in [1.807, 2.05) is 60.7 Å². The molecule has 0 amide bonds. The van der Waals surface area contributed by atoms with Crippen LogP contribution in [0.15, 0.2) is 72.3 Å². The SMILES string of the molecule is COC(=O)/C=C1\CC[C@@H]2[C@@]1(COCc1ccccc1)C[C@H](OCc1ccccc1)[C@@H]1[C@@]3(C)CCC(=O)C(Cl)(C(=O)OC)[C@@H]3CC[C@@]21C#N. The quantitative estimate of drug-likeness (QED) is 0.124. The van der Waals surface area contributed by atoms with Gasteiger partial charge >= 0.3 is 11.9 Å². The van der Waals surface area contributed by atoms with Gasteiger partial charge in [0.2, 0.25) is 4.87 Å². The van der Waals surface area contributed by atoms with E-state index in [1.54, 1.807) is 6.08 Å². The molecule has 2 aromatic carbocycles.